The van der Waals surface area contributed by atoms with Gasteiger partial charge < -0.3 is 0 Å². The number of sulfonamides is 2. The van der Waals surface area contributed by atoms with Gasteiger partial charge in [-0.25, -0.2) is 26.7 Å². The van der Waals surface area contributed by atoms with Crippen molar-refractivity contribution in [1.29, 1.82) is 0 Å². The Balaban J connectivity index is 1.77. The molecule has 9 heteroatoms. The predicted octanol–water partition coefficient (Wildman–Crippen LogP) is 2.09. The zero-order chi connectivity index (χ0) is 21.1. The van der Waals surface area contributed by atoms with Gasteiger partial charge in [-0.1, -0.05) is 37.3 Å². The van der Waals surface area contributed by atoms with Crippen LogP contribution < -0.4 is 9.86 Å². The third-order valence-electron chi connectivity index (χ3n) is 5.37. The molecule has 1 aliphatic rings. The molecular formula is C20H27N3O4S2. The van der Waals surface area contributed by atoms with E-state index in [0.717, 1.165) is 31.5 Å². The average Bonchev–Trinajstić information content (AvgIpc) is 2.70. The molecule has 0 radical (unpaired) electrons. The van der Waals surface area contributed by atoms with E-state index in [-0.39, 0.29) is 22.4 Å². The van der Waals surface area contributed by atoms with E-state index in [2.05, 4.69) is 16.5 Å². The summed E-state index contributed by atoms with van der Waals surface area (Å²) in [4.78, 5) is 2.20. The maximum atomic E-state index is 12.8. The lowest BCUT2D eigenvalue weighted by molar-refractivity contribution is 0.139. The topological polar surface area (TPSA) is 110 Å². The lowest BCUT2D eigenvalue weighted by Gasteiger charge is -2.37. The molecule has 1 fully saturated rings. The highest BCUT2D eigenvalue weighted by atomic mass is 32.2. The molecule has 1 heterocycles. The Morgan fingerprint density at radius 3 is 2.07 bits per heavy atom. The zero-order valence-corrected chi connectivity index (χ0v) is 18.0. The summed E-state index contributed by atoms with van der Waals surface area (Å²) in [5, 5.41) is 5.07. The minimum atomic E-state index is -3.87. The van der Waals surface area contributed by atoms with Gasteiger partial charge in [0, 0.05) is 12.6 Å². The van der Waals surface area contributed by atoms with Gasteiger partial charge in [0.2, 0.25) is 20.0 Å². The molecule has 2 aromatic rings. The molecule has 0 aromatic heterocycles. The van der Waals surface area contributed by atoms with E-state index in [1.165, 1.54) is 24.3 Å². The summed E-state index contributed by atoms with van der Waals surface area (Å²) < 4.78 is 50.9. The molecule has 0 aliphatic carbocycles. The summed E-state index contributed by atoms with van der Waals surface area (Å²) in [7, 11) is -7.66. The van der Waals surface area contributed by atoms with Crippen LogP contribution in [0.1, 0.15) is 31.4 Å². The average molecular weight is 438 g/mol. The van der Waals surface area contributed by atoms with Crippen LogP contribution in [0.4, 0.5) is 0 Å². The number of likely N-dealkylation sites (tertiary alicyclic amines) is 1. The molecule has 7 nitrogen and oxygen atoms in total. The molecule has 3 rings (SSSR count). The van der Waals surface area contributed by atoms with Crippen LogP contribution in [0.5, 0.6) is 0 Å². The number of nitrogens with zero attached hydrogens (tertiary/aromatic N) is 1. The van der Waals surface area contributed by atoms with E-state index in [1.807, 2.05) is 30.3 Å². The van der Waals surface area contributed by atoms with E-state index >= 15 is 0 Å². The van der Waals surface area contributed by atoms with Crippen LogP contribution in [0.25, 0.3) is 0 Å². The van der Waals surface area contributed by atoms with Crippen molar-refractivity contribution in [3.05, 3.63) is 60.2 Å². The third kappa shape index (κ3) is 5.64. The van der Waals surface area contributed by atoms with Gasteiger partial charge in [-0.05, 0) is 61.7 Å². The minimum Gasteiger partial charge on any atom is -0.295 e. The predicted molar refractivity (Wildman–Crippen MR) is 112 cm³/mol. The molecule has 1 saturated heterocycles. The highest BCUT2D eigenvalue weighted by Crippen LogP contribution is 2.27. The summed E-state index contributed by atoms with van der Waals surface area (Å²) in [5.74, 6) is 0.678. The van der Waals surface area contributed by atoms with Gasteiger partial charge in [-0.2, -0.15) is 0 Å². The first kappa shape index (κ1) is 21.9. The molecule has 3 N–H and O–H groups in total. The molecule has 0 saturated carbocycles. The van der Waals surface area contributed by atoms with Gasteiger partial charge in [-0.3, -0.25) is 4.90 Å². The van der Waals surface area contributed by atoms with Crippen LogP contribution >= 0.6 is 0 Å². The van der Waals surface area contributed by atoms with Crippen molar-refractivity contribution in [2.24, 2.45) is 11.1 Å². The third-order valence-corrected chi connectivity index (χ3v) is 7.74. The number of nitrogens with two attached hydrogens (primary N) is 1. The van der Waals surface area contributed by atoms with Crippen LogP contribution in [0.15, 0.2) is 64.4 Å². The Hall–Kier alpha value is -1.78. The Labute approximate surface area is 173 Å². The van der Waals surface area contributed by atoms with Crippen molar-refractivity contribution >= 4 is 20.0 Å². The molecule has 29 heavy (non-hydrogen) atoms. The monoisotopic (exact) mass is 437 g/mol. The largest absolute Gasteiger partial charge is 0.295 e. The Bertz CT molecular complexity index is 1020. The second-order valence-corrected chi connectivity index (χ2v) is 10.8. The van der Waals surface area contributed by atoms with Gasteiger partial charge in [0.1, 0.15) is 0 Å². The first-order valence-corrected chi connectivity index (χ1v) is 12.6. The number of hydrogen-bond acceptors (Lipinski definition) is 5. The van der Waals surface area contributed by atoms with E-state index in [0.29, 0.717) is 5.92 Å². The van der Waals surface area contributed by atoms with Crippen LogP contribution in [0.2, 0.25) is 0 Å². The fourth-order valence-corrected chi connectivity index (χ4v) is 5.11. The summed E-state index contributed by atoms with van der Waals surface area (Å²) in [6, 6.07) is 14.7. The maximum absolute atomic E-state index is 12.8. The molecular weight excluding hydrogens is 410 g/mol. The number of hydrogen-bond donors (Lipinski definition) is 2. The van der Waals surface area contributed by atoms with E-state index in [1.54, 1.807) is 0 Å². The van der Waals surface area contributed by atoms with Crippen molar-refractivity contribution in [3.8, 4) is 0 Å². The van der Waals surface area contributed by atoms with Crippen LogP contribution in [-0.2, 0) is 20.0 Å². The number of rotatable bonds is 7. The first-order valence-electron chi connectivity index (χ1n) is 9.58. The van der Waals surface area contributed by atoms with E-state index in [9.17, 15) is 16.8 Å². The van der Waals surface area contributed by atoms with E-state index in [4.69, 9.17) is 5.14 Å². The number of piperidine rings is 1. The molecule has 158 valence electrons. The lowest BCUT2D eigenvalue weighted by atomic mass is 9.96. The minimum absolute atomic E-state index is 0.00368. The van der Waals surface area contributed by atoms with Crippen molar-refractivity contribution in [1.82, 2.24) is 9.62 Å². The van der Waals surface area contributed by atoms with Crippen LogP contribution in [0.3, 0.4) is 0 Å². The second kappa shape index (κ2) is 8.93. The molecule has 0 bridgehead atoms. The Morgan fingerprint density at radius 1 is 0.966 bits per heavy atom. The Morgan fingerprint density at radius 2 is 1.52 bits per heavy atom. The normalized spacial score (nSPS) is 17.9. The summed E-state index contributed by atoms with van der Waals surface area (Å²) in [6.45, 7) is 4.32. The van der Waals surface area contributed by atoms with Crippen molar-refractivity contribution in [2.75, 3.05) is 19.6 Å². The first-order chi connectivity index (χ1) is 13.7. The summed E-state index contributed by atoms with van der Waals surface area (Å²) in [5.41, 5.74) is 1.06. The van der Waals surface area contributed by atoms with Gasteiger partial charge in [0.25, 0.3) is 0 Å². The van der Waals surface area contributed by atoms with Crippen LogP contribution in [-0.4, -0.2) is 41.4 Å². The fraction of sp³-hybridized carbons (Fsp3) is 0.400. The SMILES string of the molecule is CC1CCN(C(CNS(=O)(=O)c2ccc(S(N)(=O)=O)cc2)c2ccccc2)CC1. The summed E-state index contributed by atoms with van der Waals surface area (Å²) >= 11 is 0. The van der Waals surface area contributed by atoms with Gasteiger partial charge in [0.15, 0.2) is 0 Å². The standard InChI is InChI=1S/C20H27N3O4S2/c1-16-11-13-23(14-12-16)20(17-5-3-2-4-6-17)15-22-29(26,27)19-9-7-18(8-10-19)28(21,24)25/h2-10,16,20,22H,11-15H2,1H3,(H2,21,24,25). The van der Waals surface area contributed by atoms with Crippen molar-refractivity contribution < 1.29 is 16.8 Å². The number of benzene rings is 2. The fourth-order valence-electron chi connectivity index (χ4n) is 3.55. The van der Waals surface area contributed by atoms with Crippen LogP contribution in [0, 0.1) is 5.92 Å². The second-order valence-electron chi connectivity index (χ2n) is 7.51. The quantitative estimate of drug-likeness (QED) is 0.689. The molecule has 0 amide bonds. The van der Waals surface area contributed by atoms with Crippen molar-refractivity contribution in [2.45, 2.75) is 35.6 Å². The summed E-state index contributed by atoms with van der Waals surface area (Å²) in [6.07, 6.45) is 2.18. The lowest BCUT2D eigenvalue weighted by Crippen LogP contribution is -2.41. The molecule has 2 aromatic carbocycles. The van der Waals surface area contributed by atoms with E-state index < -0.39 is 20.0 Å². The van der Waals surface area contributed by atoms with Gasteiger partial charge in [-0.15, -0.1) is 0 Å². The molecule has 1 unspecified atom stereocenters. The molecule has 0 spiro atoms. The van der Waals surface area contributed by atoms with Gasteiger partial charge in [0.05, 0.1) is 9.79 Å². The highest BCUT2D eigenvalue weighted by Gasteiger charge is 2.26. The zero-order valence-electron chi connectivity index (χ0n) is 16.4. The number of primary sulfonamides is 1. The smallest absolute Gasteiger partial charge is 0.240 e. The molecule has 1 atom stereocenters. The van der Waals surface area contributed by atoms with Gasteiger partial charge >= 0.3 is 0 Å². The Kier molecular flexibility index (Phi) is 6.75. The van der Waals surface area contributed by atoms with Crippen molar-refractivity contribution in [3.63, 3.8) is 0 Å². The highest BCUT2D eigenvalue weighted by molar-refractivity contribution is 7.89. The number of nitrogens with one attached hydrogen (secondary N) is 1. The maximum Gasteiger partial charge on any atom is 0.240 e. The molecule has 1 aliphatic heterocycles.